The number of aromatic carboxylic acids is 2. The number of benzene rings is 6. The van der Waals surface area contributed by atoms with E-state index in [1.807, 2.05) is 0 Å². The molecule has 55 heavy (non-hydrogen) atoms. The van der Waals surface area contributed by atoms with Crippen molar-refractivity contribution in [3.05, 3.63) is 118 Å². The molecule has 0 heterocycles. The second-order valence-corrected chi connectivity index (χ2v) is 14.4. The van der Waals surface area contributed by atoms with Gasteiger partial charge in [0.2, 0.25) is 0 Å². The molecule has 0 bridgehead atoms. The standard InChI is InChI=1S/2C17H11ClN2O6S.Ca/c2*18-12-6-3-7-13(27(24,25)26)15(12)20-19-14-10-5-2-1-4-9(10)8-11(16(14)21)17(22)23;/h2*1-8,21H,(H,22,23)(H,24,25,26);/q;;+2/p-2. The summed E-state index contributed by atoms with van der Waals surface area (Å²) >= 11 is 11.9. The molecule has 0 spiro atoms. The number of fused-ring (bicyclic) bond motifs is 2. The van der Waals surface area contributed by atoms with Crippen LogP contribution in [0, 0.1) is 0 Å². The third-order valence-corrected chi connectivity index (χ3v) is 9.76. The SMILES string of the molecule is O=C(O)c1cc2ccccc2c(N=Nc2c(Cl)cccc2S(=O)(=O)O)c1O.O=C([O-])c1cc2ccccc2c(N=Nc2c(Cl)cccc2S(=O)(=O)O)c1[O-].[Ca+2]. The number of nitrogens with zero attached hydrogens (tertiary/aromatic N) is 4. The van der Waals surface area contributed by atoms with E-state index in [1.165, 1.54) is 36.4 Å². The van der Waals surface area contributed by atoms with Crippen LogP contribution < -0.4 is 10.2 Å². The Morgan fingerprint density at radius 3 is 1.44 bits per heavy atom. The maximum absolute atomic E-state index is 12.4. The fourth-order valence-corrected chi connectivity index (χ4v) is 6.77. The van der Waals surface area contributed by atoms with E-state index >= 15 is 0 Å². The predicted molar refractivity (Wildman–Crippen MR) is 197 cm³/mol. The quantitative estimate of drug-likeness (QED) is 0.0701. The van der Waals surface area contributed by atoms with Crippen molar-refractivity contribution >= 4 is 137 Å². The summed E-state index contributed by atoms with van der Waals surface area (Å²) in [5.74, 6) is -4.63. The number of carboxylic acid groups (broad SMARTS) is 2. The zero-order chi connectivity index (χ0) is 39.5. The Balaban J connectivity index is 0.000000240. The normalized spacial score (nSPS) is 11.7. The minimum absolute atomic E-state index is 0. The van der Waals surface area contributed by atoms with Crippen molar-refractivity contribution in [3.63, 3.8) is 0 Å². The summed E-state index contributed by atoms with van der Waals surface area (Å²) < 4.78 is 64.6. The Kier molecular flexibility index (Phi) is 13.6. The third kappa shape index (κ3) is 9.55. The van der Waals surface area contributed by atoms with E-state index in [1.54, 1.807) is 42.5 Å². The van der Waals surface area contributed by atoms with Gasteiger partial charge in [0, 0.05) is 10.8 Å². The van der Waals surface area contributed by atoms with Gasteiger partial charge in [-0.05, 0) is 52.7 Å². The first kappa shape index (κ1) is 43.0. The molecule has 0 radical (unpaired) electrons. The first-order chi connectivity index (χ1) is 25.4. The molecular weight excluding hydrogens is 832 g/mol. The Morgan fingerprint density at radius 1 is 0.600 bits per heavy atom. The van der Waals surface area contributed by atoms with Crippen molar-refractivity contribution in [3.8, 4) is 11.5 Å². The molecular formula is C34H20CaCl2N4O12S2. The number of phenols is 1. The molecule has 0 aliphatic heterocycles. The summed E-state index contributed by atoms with van der Waals surface area (Å²) in [6.07, 6.45) is 0. The maximum Gasteiger partial charge on any atom is 2.00 e. The van der Waals surface area contributed by atoms with E-state index in [0.717, 1.165) is 18.2 Å². The Labute approximate surface area is 350 Å². The van der Waals surface area contributed by atoms with Crippen molar-refractivity contribution in [2.45, 2.75) is 9.79 Å². The fraction of sp³-hybridized carbons (Fsp3) is 0. The molecule has 4 N–H and O–H groups in total. The van der Waals surface area contributed by atoms with Gasteiger partial charge in [0.05, 0.1) is 21.7 Å². The molecule has 0 amide bonds. The van der Waals surface area contributed by atoms with Crippen molar-refractivity contribution < 1.29 is 56.0 Å². The van der Waals surface area contributed by atoms with Gasteiger partial charge in [0.15, 0.2) is 5.75 Å². The molecule has 0 saturated carbocycles. The van der Waals surface area contributed by atoms with Crippen LogP contribution in [-0.4, -0.2) is 85.8 Å². The summed E-state index contributed by atoms with van der Waals surface area (Å²) in [4.78, 5) is 21.4. The first-order valence-electron chi connectivity index (χ1n) is 14.7. The molecule has 0 aliphatic carbocycles. The molecule has 6 rings (SSSR count). The summed E-state index contributed by atoms with van der Waals surface area (Å²) in [5, 5.41) is 59.6. The average molecular weight is 852 g/mol. The van der Waals surface area contributed by atoms with E-state index in [9.17, 15) is 56.0 Å². The number of hydrogen-bond donors (Lipinski definition) is 4. The molecule has 0 aliphatic rings. The third-order valence-electron chi connectivity index (χ3n) is 7.38. The number of halogens is 2. The van der Waals surface area contributed by atoms with Gasteiger partial charge in [0.1, 0.15) is 32.4 Å². The minimum atomic E-state index is -4.66. The Hall–Kier alpha value is -4.76. The maximum atomic E-state index is 12.4. The van der Waals surface area contributed by atoms with Crippen molar-refractivity contribution in [2.24, 2.45) is 20.5 Å². The van der Waals surface area contributed by atoms with Crippen LogP contribution in [0.2, 0.25) is 10.0 Å². The van der Waals surface area contributed by atoms with E-state index in [2.05, 4.69) is 20.5 Å². The van der Waals surface area contributed by atoms with E-state index < -0.39 is 64.6 Å². The van der Waals surface area contributed by atoms with E-state index in [4.69, 9.17) is 23.2 Å². The van der Waals surface area contributed by atoms with E-state index in [-0.39, 0.29) is 70.5 Å². The van der Waals surface area contributed by atoms with Crippen LogP contribution in [0.1, 0.15) is 20.7 Å². The summed E-state index contributed by atoms with van der Waals surface area (Å²) in [5.41, 5.74) is -2.23. The van der Waals surface area contributed by atoms with Crippen LogP contribution in [0.5, 0.6) is 11.5 Å². The minimum Gasteiger partial charge on any atom is -0.871 e. The second kappa shape index (κ2) is 17.4. The van der Waals surface area contributed by atoms with Crippen molar-refractivity contribution in [1.29, 1.82) is 0 Å². The molecule has 16 nitrogen and oxygen atoms in total. The van der Waals surface area contributed by atoms with Gasteiger partial charge in [-0.15, -0.1) is 15.3 Å². The van der Waals surface area contributed by atoms with Crippen molar-refractivity contribution in [2.75, 3.05) is 0 Å². The Morgan fingerprint density at radius 2 is 1.00 bits per heavy atom. The van der Waals surface area contributed by atoms with Gasteiger partial charge in [-0.1, -0.05) is 89.6 Å². The molecule has 0 fully saturated rings. The van der Waals surface area contributed by atoms with Crippen LogP contribution in [0.25, 0.3) is 21.5 Å². The van der Waals surface area contributed by atoms with Gasteiger partial charge in [-0.2, -0.15) is 21.9 Å². The number of azo groups is 2. The van der Waals surface area contributed by atoms with Crippen LogP contribution in [0.3, 0.4) is 0 Å². The number of aromatic hydroxyl groups is 1. The number of carboxylic acids is 2. The summed E-state index contributed by atoms with van der Waals surface area (Å²) in [6.45, 7) is 0. The monoisotopic (exact) mass is 850 g/mol. The van der Waals surface area contributed by atoms with E-state index in [0.29, 0.717) is 21.5 Å². The van der Waals surface area contributed by atoms with Crippen LogP contribution >= 0.6 is 23.2 Å². The molecule has 276 valence electrons. The van der Waals surface area contributed by atoms with Gasteiger partial charge in [-0.25, -0.2) is 4.79 Å². The van der Waals surface area contributed by atoms with Crippen LogP contribution in [0.15, 0.2) is 127 Å². The first-order valence-corrected chi connectivity index (χ1v) is 18.3. The van der Waals surface area contributed by atoms with Crippen LogP contribution in [0.4, 0.5) is 22.7 Å². The molecule has 0 atom stereocenters. The van der Waals surface area contributed by atoms with Gasteiger partial charge >= 0.3 is 43.7 Å². The molecule has 0 aromatic heterocycles. The molecule has 0 saturated heterocycles. The zero-order valence-electron chi connectivity index (χ0n) is 27.4. The van der Waals surface area contributed by atoms with Crippen molar-refractivity contribution in [1.82, 2.24) is 0 Å². The number of carbonyl (C=O) groups excluding carboxylic acids is 1. The van der Waals surface area contributed by atoms with Gasteiger partial charge in [0.25, 0.3) is 20.2 Å². The summed E-state index contributed by atoms with van der Waals surface area (Å²) in [6, 6.07) is 22.7. The second-order valence-electron chi connectivity index (χ2n) is 10.8. The molecule has 6 aromatic rings. The zero-order valence-corrected chi connectivity index (χ0v) is 32.7. The number of carbonyl (C=O) groups is 2. The van der Waals surface area contributed by atoms with Crippen LogP contribution in [-0.2, 0) is 20.2 Å². The molecule has 6 aromatic carbocycles. The molecule has 0 unspecified atom stereocenters. The molecule has 21 heteroatoms. The van der Waals surface area contributed by atoms with Gasteiger partial charge < -0.3 is 25.2 Å². The largest absolute Gasteiger partial charge is 2.00 e. The Bertz CT molecular complexity index is 2610. The predicted octanol–water partition coefficient (Wildman–Crippen LogP) is 6.77. The smallest absolute Gasteiger partial charge is 0.871 e. The van der Waals surface area contributed by atoms with Gasteiger partial charge in [-0.3, -0.25) is 9.11 Å². The fourth-order valence-electron chi connectivity index (χ4n) is 4.94. The average Bonchev–Trinajstić information content (AvgIpc) is 3.10. The number of rotatable bonds is 8. The topological polar surface area (TPSA) is 279 Å². The number of hydrogen-bond acceptors (Lipinski definition) is 13. The summed E-state index contributed by atoms with van der Waals surface area (Å²) in [7, 11) is -9.28.